The highest BCUT2D eigenvalue weighted by Gasteiger charge is 2.74. The minimum Gasteiger partial charge on any atom is -0.453 e. The molecule has 0 aliphatic heterocycles. The molecule has 8 unspecified atom stereocenters. The molecule has 8 nitrogen and oxygen atoms in total. The minimum absolute atomic E-state index is 0.0107. The number of aliphatic hydroxyl groups is 2. The molecule has 2 amide bonds. The molecule has 294 valence electrons. The van der Waals surface area contributed by atoms with Crippen molar-refractivity contribution in [2.45, 2.75) is 103 Å². The zero-order valence-electron chi connectivity index (χ0n) is 31.7. The summed E-state index contributed by atoms with van der Waals surface area (Å²) in [7, 11) is 1.62. The van der Waals surface area contributed by atoms with Crippen molar-refractivity contribution in [2.75, 3.05) is 26.8 Å². The first-order valence-corrected chi connectivity index (χ1v) is 19.6. The van der Waals surface area contributed by atoms with Gasteiger partial charge in [0, 0.05) is 53.7 Å². The van der Waals surface area contributed by atoms with Crippen molar-refractivity contribution in [3.8, 4) is 11.3 Å². The molecule has 6 aliphatic carbocycles. The standard InChI is InChI=1S/C42H52ClF3N2O6/c1-25(2)47-36(51)48(19-6-20-53-5)24-40(52)16-13-34-38(40,4)15-12-33-37(3)14-11-27(49)22-39(37)17-18-41(33,34)29(23-39)35(50)32-10-9-31(54-32)28-21-26(42(44,45)46)7-8-30(28)43/h7-10,17-18,21,23,25,27,33-34,49,52H,6,11-16,19-20,22,24H2,1-5H3,(H,47,51). The fourth-order valence-electron chi connectivity index (χ4n) is 11.5. The maximum absolute atomic E-state index is 15.0. The van der Waals surface area contributed by atoms with Gasteiger partial charge in [0.25, 0.3) is 0 Å². The van der Waals surface area contributed by atoms with E-state index >= 15 is 4.79 Å². The highest BCUT2D eigenvalue weighted by molar-refractivity contribution is 6.33. The number of ketones is 1. The van der Waals surface area contributed by atoms with Crippen LogP contribution >= 0.6 is 11.6 Å². The topological polar surface area (TPSA) is 112 Å². The second-order valence-electron chi connectivity index (χ2n) is 17.4. The van der Waals surface area contributed by atoms with Crippen LogP contribution in [-0.4, -0.2) is 71.5 Å². The fraction of sp³-hybridized carbons (Fsp3) is 0.619. The quantitative estimate of drug-likeness (QED) is 0.126. The van der Waals surface area contributed by atoms with E-state index in [0.717, 1.165) is 25.0 Å². The summed E-state index contributed by atoms with van der Waals surface area (Å²) in [4.78, 5) is 30.2. The van der Waals surface area contributed by atoms with E-state index in [9.17, 15) is 28.2 Å². The van der Waals surface area contributed by atoms with Gasteiger partial charge < -0.3 is 29.6 Å². The van der Waals surface area contributed by atoms with Crippen molar-refractivity contribution in [1.82, 2.24) is 10.2 Å². The van der Waals surface area contributed by atoms with E-state index in [1.54, 1.807) is 12.0 Å². The number of hydrogen-bond donors (Lipinski definition) is 3. The second kappa shape index (κ2) is 13.5. The number of allylic oxidation sites excluding steroid dienone is 4. The number of amides is 2. The number of aliphatic hydroxyl groups excluding tert-OH is 1. The number of ether oxygens (including phenoxy) is 1. The molecule has 8 rings (SSSR count). The van der Waals surface area contributed by atoms with Crippen LogP contribution in [0.15, 0.2) is 58.6 Å². The van der Waals surface area contributed by atoms with Crippen molar-refractivity contribution in [3.63, 3.8) is 0 Å². The van der Waals surface area contributed by atoms with Crippen LogP contribution in [0.4, 0.5) is 18.0 Å². The van der Waals surface area contributed by atoms with Gasteiger partial charge in [0.1, 0.15) is 5.76 Å². The Labute approximate surface area is 320 Å². The normalized spacial score (nSPS) is 35.3. The molecule has 1 heterocycles. The number of hydrogen-bond acceptors (Lipinski definition) is 6. The average Bonchev–Trinajstić information content (AvgIpc) is 3.69. The lowest BCUT2D eigenvalue weighted by Gasteiger charge is -2.71. The molecule has 0 radical (unpaired) electrons. The zero-order valence-corrected chi connectivity index (χ0v) is 32.4. The predicted octanol–water partition coefficient (Wildman–Crippen LogP) is 8.85. The van der Waals surface area contributed by atoms with E-state index in [0.29, 0.717) is 57.2 Å². The molecule has 2 spiro atoms. The molecular formula is C42H52ClF3N2O6. The van der Waals surface area contributed by atoms with Crippen LogP contribution < -0.4 is 5.32 Å². The molecule has 6 aliphatic rings. The average molecular weight is 773 g/mol. The van der Waals surface area contributed by atoms with Gasteiger partial charge in [-0.05, 0) is 113 Å². The molecule has 54 heavy (non-hydrogen) atoms. The minimum atomic E-state index is -4.59. The largest absolute Gasteiger partial charge is 0.453 e. The third-order valence-corrected chi connectivity index (χ3v) is 14.6. The monoisotopic (exact) mass is 772 g/mol. The number of methoxy groups -OCH3 is 1. The second-order valence-corrected chi connectivity index (χ2v) is 17.8. The molecule has 3 N–H and O–H groups in total. The third kappa shape index (κ3) is 5.89. The lowest BCUT2D eigenvalue weighted by Crippen LogP contribution is -2.67. The summed E-state index contributed by atoms with van der Waals surface area (Å²) in [5.74, 6) is -0.487. The predicted molar refractivity (Wildman–Crippen MR) is 199 cm³/mol. The van der Waals surface area contributed by atoms with E-state index < -0.39 is 39.7 Å². The Hall–Kier alpha value is -3.12. The van der Waals surface area contributed by atoms with Crippen molar-refractivity contribution >= 4 is 23.4 Å². The number of furan rings is 1. The number of benzene rings is 1. The molecule has 2 bridgehead atoms. The molecule has 1 aromatic carbocycles. The van der Waals surface area contributed by atoms with Crippen LogP contribution in [0.2, 0.25) is 5.02 Å². The molecule has 1 aromatic heterocycles. The van der Waals surface area contributed by atoms with E-state index in [2.05, 4.69) is 37.4 Å². The highest BCUT2D eigenvalue weighted by atomic mass is 35.5. The van der Waals surface area contributed by atoms with Gasteiger partial charge in [-0.15, -0.1) is 0 Å². The molecule has 12 heteroatoms. The zero-order chi connectivity index (χ0) is 39.1. The SMILES string of the molecule is COCCCN(CC1(O)CCC2C34C=CC5(C=C3C(=O)c3ccc(-c6cc(C(F)(F)F)ccc6Cl)o3)CC(O)CCC5(C)C4CCC21C)C(=O)NC(C)C. The van der Waals surface area contributed by atoms with Crippen molar-refractivity contribution in [2.24, 2.45) is 33.5 Å². The van der Waals surface area contributed by atoms with E-state index in [4.69, 9.17) is 20.8 Å². The molecular weight excluding hydrogens is 721 g/mol. The number of halogens is 4. The summed E-state index contributed by atoms with van der Waals surface area (Å²) in [5, 5.41) is 26.9. The summed E-state index contributed by atoms with van der Waals surface area (Å²) in [6, 6.07) is 5.65. The Kier molecular flexibility index (Phi) is 9.80. The first-order valence-electron chi connectivity index (χ1n) is 19.2. The summed E-state index contributed by atoms with van der Waals surface area (Å²) < 4.78 is 52.3. The lowest BCUT2D eigenvalue weighted by molar-refractivity contribution is -0.174. The van der Waals surface area contributed by atoms with Gasteiger partial charge in [-0.2, -0.15) is 13.2 Å². The van der Waals surface area contributed by atoms with Crippen molar-refractivity contribution in [1.29, 1.82) is 0 Å². The van der Waals surface area contributed by atoms with E-state index in [-0.39, 0.29) is 63.8 Å². The van der Waals surface area contributed by atoms with Gasteiger partial charge in [0.15, 0.2) is 5.76 Å². The van der Waals surface area contributed by atoms with Gasteiger partial charge in [0.2, 0.25) is 5.78 Å². The van der Waals surface area contributed by atoms with Gasteiger partial charge in [-0.3, -0.25) is 4.79 Å². The van der Waals surface area contributed by atoms with Crippen LogP contribution in [0.1, 0.15) is 95.2 Å². The summed E-state index contributed by atoms with van der Waals surface area (Å²) in [6.45, 7) is 9.22. The summed E-state index contributed by atoms with van der Waals surface area (Å²) in [5.41, 5.74) is -3.89. The Morgan fingerprint density at radius 1 is 1.06 bits per heavy atom. The fourth-order valence-corrected chi connectivity index (χ4v) is 11.7. The number of fused-ring (bicyclic) bond motifs is 1. The van der Waals surface area contributed by atoms with Crippen LogP contribution in [0.25, 0.3) is 11.3 Å². The first-order chi connectivity index (χ1) is 25.3. The number of nitrogens with one attached hydrogen (secondary N) is 1. The first kappa shape index (κ1) is 39.1. The number of urea groups is 1. The van der Waals surface area contributed by atoms with Crippen LogP contribution in [0.3, 0.4) is 0 Å². The van der Waals surface area contributed by atoms with Crippen LogP contribution in [0, 0.1) is 33.5 Å². The maximum atomic E-state index is 15.0. The molecule has 3 fully saturated rings. The van der Waals surface area contributed by atoms with Crippen molar-refractivity contribution < 1.29 is 42.1 Å². The number of alkyl halides is 3. The van der Waals surface area contributed by atoms with Gasteiger partial charge in [-0.25, -0.2) is 4.79 Å². The number of Topliss-reactive ketones (excluding diaryl/α,β-unsaturated/α-hetero) is 1. The van der Waals surface area contributed by atoms with E-state index in [1.165, 1.54) is 18.2 Å². The number of nitrogens with zero attached hydrogens (tertiary/aromatic N) is 1. The Bertz CT molecular complexity index is 1880. The van der Waals surface area contributed by atoms with E-state index in [1.807, 2.05) is 13.8 Å². The number of carbonyl (C=O) groups is 2. The Balaban J connectivity index is 1.30. The van der Waals surface area contributed by atoms with Gasteiger partial charge >= 0.3 is 12.2 Å². The maximum Gasteiger partial charge on any atom is 0.416 e. The number of rotatable bonds is 10. The molecule has 8 atom stereocenters. The number of carbonyl (C=O) groups excluding carboxylic acids is 2. The smallest absolute Gasteiger partial charge is 0.416 e. The lowest BCUT2D eigenvalue weighted by atomic mass is 9.32. The van der Waals surface area contributed by atoms with Crippen LogP contribution in [-0.2, 0) is 10.9 Å². The Morgan fingerprint density at radius 3 is 2.46 bits per heavy atom. The van der Waals surface area contributed by atoms with Crippen LogP contribution in [0.5, 0.6) is 0 Å². The Morgan fingerprint density at radius 2 is 1.76 bits per heavy atom. The summed E-state index contributed by atoms with van der Waals surface area (Å²) in [6.07, 6.45) is 6.31. The van der Waals surface area contributed by atoms with Crippen molar-refractivity contribution in [3.05, 3.63) is 70.5 Å². The molecule has 3 saturated carbocycles. The molecule has 2 aromatic rings. The van der Waals surface area contributed by atoms with Gasteiger partial charge in [-0.1, -0.05) is 43.7 Å². The molecule has 0 saturated heterocycles. The van der Waals surface area contributed by atoms with Gasteiger partial charge in [0.05, 0.1) is 28.8 Å². The highest BCUT2D eigenvalue weighted by Crippen LogP contribution is 2.78. The third-order valence-electron chi connectivity index (χ3n) is 14.3. The summed E-state index contributed by atoms with van der Waals surface area (Å²) >= 11 is 6.37.